The smallest absolute Gasteiger partial charge is 0.338 e. The maximum Gasteiger partial charge on any atom is 0.338 e. The van der Waals surface area contributed by atoms with Crippen molar-refractivity contribution in [2.24, 2.45) is 0 Å². The number of aromatic nitrogens is 2. The van der Waals surface area contributed by atoms with E-state index in [9.17, 15) is 4.79 Å². The summed E-state index contributed by atoms with van der Waals surface area (Å²) in [5.74, 6) is 1.25. The van der Waals surface area contributed by atoms with Crippen LogP contribution in [0, 0.1) is 6.92 Å². The molecule has 18 heavy (non-hydrogen) atoms. The predicted octanol–water partition coefficient (Wildman–Crippen LogP) is 2.46. The van der Waals surface area contributed by atoms with Crippen LogP contribution >= 0.6 is 11.8 Å². The van der Waals surface area contributed by atoms with E-state index in [0.717, 1.165) is 4.90 Å². The lowest BCUT2D eigenvalue weighted by molar-refractivity contribution is 0.0597. The monoisotopic (exact) mass is 264 g/mol. The fourth-order valence-corrected chi connectivity index (χ4v) is 2.28. The Kier molecular flexibility index (Phi) is 3.99. The highest BCUT2D eigenvalue weighted by Crippen LogP contribution is 2.26. The molecule has 0 aliphatic rings. The van der Waals surface area contributed by atoms with Gasteiger partial charge in [0.15, 0.2) is 0 Å². The standard InChI is InChI=1S/C12H12N2O3S/c1-8-13-14-11(17-8)7-18-10-6-4-3-5-9(10)12(15)16-2/h3-6H,7H2,1-2H3. The highest BCUT2D eigenvalue weighted by Gasteiger charge is 2.12. The predicted molar refractivity (Wildman–Crippen MR) is 66.4 cm³/mol. The molecule has 1 aromatic carbocycles. The molecule has 1 aromatic heterocycles. The van der Waals surface area contributed by atoms with E-state index in [1.54, 1.807) is 19.1 Å². The Hall–Kier alpha value is -1.82. The van der Waals surface area contributed by atoms with E-state index in [0.29, 0.717) is 23.1 Å². The van der Waals surface area contributed by atoms with Crippen LogP contribution in [0.2, 0.25) is 0 Å². The van der Waals surface area contributed by atoms with Gasteiger partial charge in [-0.2, -0.15) is 0 Å². The largest absolute Gasteiger partial charge is 0.465 e. The number of aryl methyl sites for hydroxylation is 1. The number of esters is 1. The fraction of sp³-hybridized carbons (Fsp3) is 0.250. The van der Waals surface area contributed by atoms with Crippen LogP contribution in [-0.2, 0) is 10.5 Å². The summed E-state index contributed by atoms with van der Waals surface area (Å²) in [6.07, 6.45) is 0. The second-order valence-electron chi connectivity index (χ2n) is 3.49. The molecule has 0 spiro atoms. The maximum absolute atomic E-state index is 11.6. The minimum absolute atomic E-state index is 0.347. The zero-order valence-electron chi connectivity index (χ0n) is 10.0. The number of rotatable bonds is 4. The molecule has 0 saturated heterocycles. The van der Waals surface area contributed by atoms with Crippen LogP contribution in [0.4, 0.5) is 0 Å². The lowest BCUT2D eigenvalue weighted by Gasteiger charge is -2.05. The summed E-state index contributed by atoms with van der Waals surface area (Å²) in [5.41, 5.74) is 0.543. The van der Waals surface area contributed by atoms with Gasteiger partial charge < -0.3 is 9.15 Å². The summed E-state index contributed by atoms with van der Waals surface area (Å²) in [6, 6.07) is 7.26. The quantitative estimate of drug-likeness (QED) is 0.624. The summed E-state index contributed by atoms with van der Waals surface area (Å²) in [6.45, 7) is 1.74. The molecule has 0 fully saturated rings. The lowest BCUT2D eigenvalue weighted by atomic mass is 10.2. The van der Waals surface area contributed by atoms with E-state index in [2.05, 4.69) is 10.2 Å². The van der Waals surface area contributed by atoms with E-state index in [-0.39, 0.29) is 5.97 Å². The van der Waals surface area contributed by atoms with E-state index in [1.807, 2.05) is 12.1 Å². The average Bonchev–Trinajstić information content (AvgIpc) is 2.81. The average molecular weight is 264 g/mol. The Morgan fingerprint density at radius 3 is 2.83 bits per heavy atom. The third-order valence-corrected chi connectivity index (χ3v) is 3.27. The van der Waals surface area contributed by atoms with Gasteiger partial charge in [-0.05, 0) is 12.1 Å². The van der Waals surface area contributed by atoms with E-state index in [1.165, 1.54) is 18.9 Å². The van der Waals surface area contributed by atoms with Crippen molar-refractivity contribution in [3.63, 3.8) is 0 Å². The van der Waals surface area contributed by atoms with Gasteiger partial charge in [-0.1, -0.05) is 12.1 Å². The third-order valence-electron chi connectivity index (χ3n) is 2.21. The van der Waals surface area contributed by atoms with Crippen LogP contribution in [0.15, 0.2) is 33.6 Å². The molecule has 5 nitrogen and oxygen atoms in total. The van der Waals surface area contributed by atoms with Crippen molar-refractivity contribution in [2.45, 2.75) is 17.6 Å². The van der Waals surface area contributed by atoms with Crippen LogP contribution in [0.25, 0.3) is 0 Å². The maximum atomic E-state index is 11.6. The normalized spacial score (nSPS) is 10.3. The van der Waals surface area contributed by atoms with Gasteiger partial charge in [0.1, 0.15) is 0 Å². The molecule has 0 amide bonds. The molecule has 6 heteroatoms. The van der Waals surface area contributed by atoms with Crippen LogP contribution in [-0.4, -0.2) is 23.3 Å². The van der Waals surface area contributed by atoms with Gasteiger partial charge in [0, 0.05) is 11.8 Å². The van der Waals surface area contributed by atoms with Crippen LogP contribution in [0.3, 0.4) is 0 Å². The number of hydrogen-bond acceptors (Lipinski definition) is 6. The van der Waals surface area contributed by atoms with Gasteiger partial charge in [0.2, 0.25) is 11.8 Å². The van der Waals surface area contributed by atoms with Gasteiger partial charge in [-0.15, -0.1) is 22.0 Å². The van der Waals surface area contributed by atoms with Crippen molar-refractivity contribution in [1.29, 1.82) is 0 Å². The second-order valence-corrected chi connectivity index (χ2v) is 4.51. The lowest BCUT2D eigenvalue weighted by Crippen LogP contribution is -2.02. The number of carbonyl (C=O) groups excluding carboxylic acids is 1. The summed E-state index contributed by atoms with van der Waals surface area (Å²) in [4.78, 5) is 12.4. The molecule has 0 aliphatic heterocycles. The van der Waals surface area contributed by atoms with Crippen molar-refractivity contribution in [2.75, 3.05) is 7.11 Å². The molecule has 0 unspecified atom stereocenters. The molecule has 1 heterocycles. The first kappa shape index (κ1) is 12.6. The molecule has 0 N–H and O–H groups in total. The summed E-state index contributed by atoms with van der Waals surface area (Å²) < 4.78 is 10.0. The summed E-state index contributed by atoms with van der Waals surface area (Å²) in [7, 11) is 1.37. The molecule has 0 saturated carbocycles. The van der Waals surface area contributed by atoms with Crippen molar-refractivity contribution in [3.8, 4) is 0 Å². The topological polar surface area (TPSA) is 65.2 Å². The molecule has 0 aliphatic carbocycles. The zero-order valence-corrected chi connectivity index (χ0v) is 10.9. The molecular weight excluding hydrogens is 252 g/mol. The Balaban J connectivity index is 2.11. The molecule has 0 radical (unpaired) electrons. The van der Waals surface area contributed by atoms with Gasteiger partial charge in [-0.25, -0.2) is 4.79 Å². The molecular formula is C12H12N2O3S. The summed E-state index contributed by atoms with van der Waals surface area (Å²) in [5, 5.41) is 7.65. The first-order valence-electron chi connectivity index (χ1n) is 5.30. The van der Waals surface area contributed by atoms with E-state index < -0.39 is 0 Å². The number of hydrogen-bond donors (Lipinski definition) is 0. The van der Waals surface area contributed by atoms with E-state index in [4.69, 9.17) is 9.15 Å². The molecule has 2 rings (SSSR count). The van der Waals surface area contributed by atoms with Crippen molar-refractivity contribution < 1.29 is 13.9 Å². The second kappa shape index (κ2) is 5.68. The van der Waals surface area contributed by atoms with Crippen LogP contribution < -0.4 is 0 Å². The Labute approximate surface area is 109 Å². The minimum atomic E-state index is -0.347. The number of benzene rings is 1. The molecule has 0 bridgehead atoms. The van der Waals surface area contributed by atoms with Gasteiger partial charge >= 0.3 is 5.97 Å². The van der Waals surface area contributed by atoms with Crippen molar-refractivity contribution >= 4 is 17.7 Å². The highest BCUT2D eigenvalue weighted by atomic mass is 32.2. The Bertz CT molecular complexity index is 554. The minimum Gasteiger partial charge on any atom is -0.465 e. The van der Waals surface area contributed by atoms with Crippen LogP contribution in [0.5, 0.6) is 0 Å². The van der Waals surface area contributed by atoms with Gasteiger partial charge in [0.05, 0.1) is 18.4 Å². The van der Waals surface area contributed by atoms with Crippen LogP contribution in [0.1, 0.15) is 22.1 Å². The van der Waals surface area contributed by atoms with E-state index >= 15 is 0 Å². The first-order chi connectivity index (χ1) is 8.70. The van der Waals surface area contributed by atoms with Gasteiger partial charge in [0.25, 0.3) is 0 Å². The number of nitrogens with zero attached hydrogens (tertiary/aromatic N) is 2. The third kappa shape index (κ3) is 2.89. The van der Waals surface area contributed by atoms with Crippen molar-refractivity contribution in [1.82, 2.24) is 10.2 Å². The summed E-state index contributed by atoms with van der Waals surface area (Å²) >= 11 is 1.46. The zero-order chi connectivity index (χ0) is 13.0. The number of thioether (sulfide) groups is 1. The first-order valence-corrected chi connectivity index (χ1v) is 6.28. The molecule has 2 aromatic rings. The Morgan fingerprint density at radius 1 is 1.39 bits per heavy atom. The number of carbonyl (C=O) groups is 1. The molecule has 94 valence electrons. The highest BCUT2D eigenvalue weighted by molar-refractivity contribution is 7.98. The molecule has 0 atom stereocenters. The Morgan fingerprint density at radius 2 is 2.17 bits per heavy atom. The SMILES string of the molecule is COC(=O)c1ccccc1SCc1nnc(C)o1. The van der Waals surface area contributed by atoms with Crippen molar-refractivity contribution in [3.05, 3.63) is 41.6 Å². The fourth-order valence-electron chi connectivity index (χ4n) is 1.41. The van der Waals surface area contributed by atoms with Gasteiger partial charge in [-0.3, -0.25) is 0 Å². The number of ether oxygens (including phenoxy) is 1. The number of methoxy groups -OCH3 is 1.